The van der Waals surface area contributed by atoms with Gasteiger partial charge in [-0.15, -0.1) is 0 Å². The zero-order valence-electron chi connectivity index (χ0n) is 8.30. The molecule has 2 aliphatic rings. The third kappa shape index (κ3) is 1.80. The molecule has 0 radical (unpaired) electrons. The Labute approximate surface area is 91.7 Å². The summed E-state index contributed by atoms with van der Waals surface area (Å²) in [5.41, 5.74) is 0. The number of hydrogen-bond acceptors (Lipinski definition) is 5. The van der Waals surface area contributed by atoms with E-state index in [0.717, 1.165) is 4.90 Å². The van der Waals surface area contributed by atoms with E-state index in [-0.39, 0.29) is 24.3 Å². The van der Waals surface area contributed by atoms with Crippen molar-refractivity contribution in [3.8, 4) is 0 Å². The first-order valence-electron chi connectivity index (χ1n) is 4.79. The highest BCUT2D eigenvalue weighted by Gasteiger charge is 2.43. The number of nitrogens with one attached hydrogen (secondary N) is 1. The van der Waals surface area contributed by atoms with Crippen LogP contribution in [0.3, 0.4) is 0 Å². The fourth-order valence-corrected chi connectivity index (χ4v) is 3.35. The van der Waals surface area contributed by atoms with E-state index < -0.39 is 33.7 Å². The van der Waals surface area contributed by atoms with Crippen molar-refractivity contribution in [2.75, 3.05) is 11.5 Å². The van der Waals surface area contributed by atoms with Crippen molar-refractivity contribution in [3.05, 3.63) is 0 Å². The lowest BCUT2D eigenvalue weighted by atomic mass is 10.1. The number of carbonyl (C=O) groups excluding carboxylic acids is 3. The molecule has 16 heavy (non-hydrogen) atoms. The van der Waals surface area contributed by atoms with Gasteiger partial charge in [0, 0.05) is 6.04 Å². The topological polar surface area (TPSA) is 101 Å². The molecule has 1 N–H and O–H groups in total. The molecule has 88 valence electrons. The molecule has 0 aromatic rings. The summed E-state index contributed by atoms with van der Waals surface area (Å²) < 4.78 is 22.3. The summed E-state index contributed by atoms with van der Waals surface area (Å²) in [4.78, 5) is 34.4. The fraction of sp³-hybridized carbons (Fsp3) is 0.625. The molecule has 2 aliphatic heterocycles. The first-order valence-corrected chi connectivity index (χ1v) is 6.62. The third-order valence-electron chi connectivity index (χ3n) is 2.74. The molecule has 0 aromatic heterocycles. The normalized spacial score (nSPS) is 26.0. The van der Waals surface area contributed by atoms with E-state index in [1.54, 1.807) is 0 Å². The number of imide groups is 2. The lowest BCUT2D eigenvalue weighted by molar-refractivity contribution is -0.141. The van der Waals surface area contributed by atoms with Gasteiger partial charge in [0.25, 0.3) is 0 Å². The van der Waals surface area contributed by atoms with E-state index >= 15 is 0 Å². The maximum absolute atomic E-state index is 11.3. The molecule has 7 nitrogen and oxygen atoms in total. The van der Waals surface area contributed by atoms with Gasteiger partial charge in [-0.25, -0.2) is 13.2 Å². The highest BCUT2D eigenvalue weighted by atomic mass is 32.2. The second-order valence-electron chi connectivity index (χ2n) is 3.82. The number of carbonyl (C=O) groups is 3. The first kappa shape index (κ1) is 11.1. The highest BCUT2D eigenvalue weighted by molar-refractivity contribution is 7.91. The van der Waals surface area contributed by atoms with Crippen molar-refractivity contribution in [1.82, 2.24) is 10.2 Å². The van der Waals surface area contributed by atoms with Crippen molar-refractivity contribution < 1.29 is 22.8 Å². The van der Waals surface area contributed by atoms with Gasteiger partial charge >= 0.3 is 17.8 Å². The minimum Gasteiger partial charge on any atom is -0.269 e. The maximum Gasteiger partial charge on any atom is 0.331 e. The Bertz CT molecular complexity index is 455. The van der Waals surface area contributed by atoms with E-state index in [9.17, 15) is 22.8 Å². The van der Waals surface area contributed by atoms with Crippen LogP contribution in [0.25, 0.3) is 0 Å². The molecule has 0 bridgehead atoms. The number of rotatable bonds is 1. The SMILES string of the molecule is O=C1NC(=O)N(C2CCS(=O)(=O)CC2)C1=O. The molecule has 0 aliphatic carbocycles. The first-order chi connectivity index (χ1) is 7.41. The molecule has 0 atom stereocenters. The Morgan fingerprint density at radius 1 is 1.12 bits per heavy atom. The van der Waals surface area contributed by atoms with Crippen molar-refractivity contribution in [3.63, 3.8) is 0 Å². The lowest BCUT2D eigenvalue weighted by Crippen LogP contribution is -2.45. The van der Waals surface area contributed by atoms with Gasteiger partial charge in [0.2, 0.25) is 0 Å². The molecule has 2 fully saturated rings. The van der Waals surface area contributed by atoms with Crippen LogP contribution in [0, 0.1) is 0 Å². The van der Waals surface area contributed by atoms with Gasteiger partial charge in [-0.3, -0.25) is 19.8 Å². The monoisotopic (exact) mass is 246 g/mol. The summed E-state index contributed by atoms with van der Waals surface area (Å²) in [5.74, 6) is -1.95. The summed E-state index contributed by atoms with van der Waals surface area (Å²) in [6, 6.07) is -1.23. The van der Waals surface area contributed by atoms with Crippen LogP contribution in [0.5, 0.6) is 0 Å². The fourth-order valence-electron chi connectivity index (χ4n) is 1.88. The van der Waals surface area contributed by atoms with Crippen molar-refractivity contribution in [1.29, 1.82) is 0 Å². The summed E-state index contributed by atoms with van der Waals surface area (Å²) in [6.45, 7) is 0. The van der Waals surface area contributed by atoms with Crippen molar-refractivity contribution in [2.24, 2.45) is 0 Å². The number of nitrogens with zero attached hydrogens (tertiary/aromatic N) is 1. The summed E-state index contributed by atoms with van der Waals surface area (Å²) in [5, 5.41) is 1.88. The second-order valence-corrected chi connectivity index (χ2v) is 6.12. The molecule has 2 rings (SSSR count). The zero-order valence-corrected chi connectivity index (χ0v) is 9.12. The lowest BCUT2D eigenvalue weighted by Gasteiger charge is -2.27. The van der Waals surface area contributed by atoms with Gasteiger partial charge in [0.15, 0.2) is 0 Å². The van der Waals surface area contributed by atoms with Crippen LogP contribution in [0.1, 0.15) is 12.8 Å². The van der Waals surface area contributed by atoms with E-state index in [0.29, 0.717) is 0 Å². The summed E-state index contributed by atoms with van der Waals surface area (Å²) in [6.07, 6.45) is 0.406. The van der Waals surface area contributed by atoms with E-state index in [4.69, 9.17) is 0 Å². The molecule has 2 heterocycles. The highest BCUT2D eigenvalue weighted by Crippen LogP contribution is 2.20. The number of hydrogen-bond donors (Lipinski definition) is 1. The third-order valence-corrected chi connectivity index (χ3v) is 4.46. The zero-order chi connectivity index (χ0) is 11.9. The van der Waals surface area contributed by atoms with Gasteiger partial charge in [-0.05, 0) is 12.8 Å². The van der Waals surface area contributed by atoms with Crippen LogP contribution >= 0.6 is 0 Å². The van der Waals surface area contributed by atoms with Crippen LogP contribution in [0.15, 0.2) is 0 Å². The smallest absolute Gasteiger partial charge is 0.269 e. The predicted octanol–water partition coefficient (Wildman–Crippen LogP) is -1.36. The van der Waals surface area contributed by atoms with Gasteiger partial charge < -0.3 is 0 Å². The Morgan fingerprint density at radius 3 is 2.12 bits per heavy atom. The van der Waals surface area contributed by atoms with Crippen LogP contribution in [0.2, 0.25) is 0 Å². The molecule has 8 heteroatoms. The number of urea groups is 1. The van der Waals surface area contributed by atoms with Gasteiger partial charge in [-0.1, -0.05) is 0 Å². The quantitative estimate of drug-likeness (QED) is 0.455. The number of sulfone groups is 1. The molecule has 0 spiro atoms. The van der Waals surface area contributed by atoms with Crippen LogP contribution in [-0.2, 0) is 19.4 Å². The molecule has 2 saturated heterocycles. The Balaban J connectivity index is 2.13. The van der Waals surface area contributed by atoms with Crippen LogP contribution in [-0.4, -0.2) is 48.7 Å². The molecular formula is C8H10N2O5S. The van der Waals surface area contributed by atoms with Gasteiger partial charge in [0.05, 0.1) is 11.5 Å². The van der Waals surface area contributed by atoms with Crippen molar-refractivity contribution in [2.45, 2.75) is 18.9 Å². The van der Waals surface area contributed by atoms with Gasteiger partial charge in [0.1, 0.15) is 9.84 Å². The van der Waals surface area contributed by atoms with E-state index in [2.05, 4.69) is 0 Å². The van der Waals surface area contributed by atoms with Crippen LogP contribution < -0.4 is 5.32 Å². The molecular weight excluding hydrogens is 236 g/mol. The molecule has 0 unspecified atom stereocenters. The Hall–Kier alpha value is -1.44. The average Bonchev–Trinajstić information content (AvgIpc) is 2.43. The van der Waals surface area contributed by atoms with E-state index in [1.807, 2.05) is 5.32 Å². The standard InChI is InChI=1S/C8H10N2O5S/c11-6-7(12)10(8(13)9-6)5-1-3-16(14,15)4-2-5/h5H,1-4H2,(H,9,11,13). The van der Waals surface area contributed by atoms with E-state index in [1.165, 1.54) is 0 Å². The van der Waals surface area contributed by atoms with Gasteiger partial charge in [-0.2, -0.15) is 0 Å². The molecule has 0 aromatic carbocycles. The molecule has 4 amide bonds. The largest absolute Gasteiger partial charge is 0.331 e. The Morgan fingerprint density at radius 2 is 1.69 bits per heavy atom. The predicted molar refractivity (Wildman–Crippen MR) is 52.1 cm³/mol. The summed E-state index contributed by atoms with van der Waals surface area (Å²) >= 11 is 0. The second kappa shape index (κ2) is 3.55. The average molecular weight is 246 g/mol. The minimum atomic E-state index is -3.05. The summed E-state index contributed by atoms with van der Waals surface area (Å²) in [7, 11) is -3.05. The number of amides is 4. The maximum atomic E-state index is 11.3. The minimum absolute atomic E-state index is 0.0527. The van der Waals surface area contributed by atoms with Crippen LogP contribution in [0.4, 0.5) is 4.79 Å². The molecule has 0 saturated carbocycles. The Kier molecular flexibility index (Phi) is 2.45. The van der Waals surface area contributed by atoms with Crippen molar-refractivity contribution >= 4 is 27.7 Å².